The SMILES string of the molecule is CCC(C)C(NC(=O)C(CC(=O)O)NC(=O)C(Cc1ccc(O)cc1)NC(=O)C(N)CCC(N)=O)C(=O)O. The first-order chi connectivity index (χ1) is 17.7. The third-order valence-electron chi connectivity index (χ3n) is 5.84. The van der Waals surface area contributed by atoms with Gasteiger partial charge in [0.2, 0.25) is 23.6 Å². The zero-order valence-electron chi connectivity index (χ0n) is 21.2. The van der Waals surface area contributed by atoms with Crippen LogP contribution < -0.4 is 27.4 Å². The first-order valence-electron chi connectivity index (χ1n) is 11.9. The summed E-state index contributed by atoms with van der Waals surface area (Å²) < 4.78 is 0. The zero-order chi connectivity index (χ0) is 29.0. The molecule has 0 saturated heterocycles. The number of hydrogen-bond donors (Lipinski definition) is 8. The number of aromatic hydroxyl groups is 1. The van der Waals surface area contributed by atoms with Crippen LogP contribution in [0.25, 0.3) is 0 Å². The van der Waals surface area contributed by atoms with E-state index in [1.807, 2.05) is 0 Å². The van der Waals surface area contributed by atoms with Crippen molar-refractivity contribution in [2.75, 3.05) is 0 Å². The average molecular weight is 538 g/mol. The Morgan fingerprint density at radius 3 is 1.95 bits per heavy atom. The van der Waals surface area contributed by atoms with Crippen molar-refractivity contribution in [3.63, 3.8) is 0 Å². The maximum atomic E-state index is 13.2. The summed E-state index contributed by atoms with van der Waals surface area (Å²) in [7, 11) is 0. The van der Waals surface area contributed by atoms with Crippen molar-refractivity contribution in [1.29, 1.82) is 0 Å². The van der Waals surface area contributed by atoms with Gasteiger partial charge in [-0.15, -0.1) is 0 Å². The van der Waals surface area contributed by atoms with Gasteiger partial charge in [0.1, 0.15) is 23.9 Å². The van der Waals surface area contributed by atoms with Crippen LogP contribution >= 0.6 is 0 Å². The highest BCUT2D eigenvalue weighted by molar-refractivity contribution is 5.95. The van der Waals surface area contributed by atoms with Crippen molar-refractivity contribution < 1.29 is 44.1 Å². The fourth-order valence-electron chi connectivity index (χ4n) is 3.38. The van der Waals surface area contributed by atoms with Gasteiger partial charge in [-0.25, -0.2) is 4.79 Å². The van der Waals surface area contributed by atoms with E-state index >= 15 is 0 Å². The van der Waals surface area contributed by atoms with Crippen LogP contribution in [0.5, 0.6) is 5.75 Å². The Labute approximate surface area is 219 Å². The van der Waals surface area contributed by atoms with E-state index in [0.717, 1.165) is 0 Å². The van der Waals surface area contributed by atoms with Crippen LogP contribution in [0.4, 0.5) is 0 Å². The van der Waals surface area contributed by atoms with Crippen molar-refractivity contribution in [2.24, 2.45) is 17.4 Å². The molecule has 5 atom stereocenters. The summed E-state index contributed by atoms with van der Waals surface area (Å²) in [5, 5.41) is 35.2. The van der Waals surface area contributed by atoms with Crippen LogP contribution in [-0.2, 0) is 35.2 Å². The lowest BCUT2D eigenvalue weighted by Crippen LogP contribution is -2.58. The number of primary amides is 1. The summed E-state index contributed by atoms with van der Waals surface area (Å²) in [6.07, 6.45) is -0.852. The van der Waals surface area contributed by atoms with Crippen molar-refractivity contribution in [2.45, 2.75) is 70.1 Å². The molecule has 1 aromatic rings. The van der Waals surface area contributed by atoms with Crippen LogP contribution in [0.1, 0.15) is 45.1 Å². The fraction of sp³-hybridized carbons (Fsp3) is 0.500. The highest BCUT2D eigenvalue weighted by Gasteiger charge is 2.33. The van der Waals surface area contributed by atoms with Crippen molar-refractivity contribution in [3.8, 4) is 5.75 Å². The number of nitrogens with one attached hydrogen (secondary N) is 3. The van der Waals surface area contributed by atoms with Crippen LogP contribution in [-0.4, -0.2) is 75.1 Å². The van der Waals surface area contributed by atoms with E-state index in [2.05, 4.69) is 16.0 Å². The standard InChI is InChI=1S/C24H35N5O9/c1-3-12(2)20(24(37)38)29-23(36)17(11-19(32)33)28-22(35)16(10-13-4-6-14(30)7-5-13)27-21(34)15(25)8-9-18(26)31/h4-7,12,15-17,20,30H,3,8-11,25H2,1-2H3,(H2,26,31)(H,27,34)(H,28,35)(H,29,36)(H,32,33)(H,37,38). The van der Waals surface area contributed by atoms with Gasteiger partial charge in [-0.2, -0.15) is 0 Å². The van der Waals surface area contributed by atoms with Gasteiger partial charge in [-0.05, 0) is 30.0 Å². The summed E-state index contributed by atoms with van der Waals surface area (Å²) in [5.74, 6) is -6.73. The number of carboxylic acid groups (broad SMARTS) is 2. The molecule has 0 radical (unpaired) electrons. The highest BCUT2D eigenvalue weighted by Crippen LogP contribution is 2.13. The number of carbonyl (C=O) groups excluding carboxylic acids is 4. The molecule has 0 aliphatic rings. The maximum Gasteiger partial charge on any atom is 0.326 e. The Bertz CT molecular complexity index is 1020. The van der Waals surface area contributed by atoms with Crippen LogP contribution in [0.15, 0.2) is 24.3 Å². The molecule has 210 valence electrons. The molecule has 10 N–H and O–H groups in total. The monoisotopic (exact) mass is 537 g/mol. The zero-order valence-corrected chi connectivity index (χ0v) is 21.2. The van der Waals surface area contributed by atoms with Crippen LogP contribution in [0.2, 0.25) is 0 Å². The minimum absolute atomic E-state index is 0.0419. The number of rotatable bonds is 16. The second kappa shape index (κ2) is 15.1. The van der Waals surface area contributed by atoms with Gasteiger partial charge in [0, 0.05) is 12.8 Å². The number of amides is 4. The number of carboxylic acids is 2. The molecule has 1 rings (SSSR count). The van der Waals surface area contributed by atoms with E-state index in [1.54, 1.807) is 13.8 Å². The molecule has 5 unspecified atom stereocenters. The lowest BCUT2D eigenvalue weighted by Gasteiger charge is -2.26. The molecule has 0 heterocycles. The lowest BCUT2D eigenvalue weighted by atomic mass is 9.98. The molecule has 0 aromatic heterocycles. The molecule has 4 amide bonds. The summed E-state index contributed by atoms with van der Waals surface area (Å²) in [6, 6.07) is 0.159. The average Bonchev–Trinajstić information content (AvgIpc) is 2.84. The van der Waals surface area contributed by atoms with E-state index in [9.17, 15) is 44.1 Å². The number of phenols is 1. The minimum atomic E-state index is -1.66. The molecular formula is C24H35N5O9. The Morgan fingerprint density at radius 2 is 1.45 bits per heavy atom. The third-order valence-corrected chi connectivity index (χ3v) is 5.84. The largest absolute Gasteiger partial charge is 0.508 e. The molecule has 14 nitrogen and oxygen atoms in total. The second-order valence-corrected chi connectivity index (χ2v) is 8.91. The molecule has 0 spiro atoms. The van der Waals surface area contributed by atoms with E-state index < -0.39 is 72.1 Å². The van der Waals surface area contributed by atoms with Gasteiger partial charge in [0.05, 0.1) is 12.5 Å². The van der Waals surface area contributed by atoms with E-state index in [4.69, 9.17) is 11.5 Å². The summed E-state index contributed by atoms with van der Waals surface area (Å²) in [6.45, 7) is 3.31. The van der Waals surface area contributed by atoms with Gasteiger partial charge in [0.15, 0.2) is 0 Å². The number of phenolic OH excluding ortho intramolecular Hbond substituents is 1. The van der Waals surface area contributed by atoms with E-state index in [-0.39, 0.29) is 25.0 Å². The first kappa shape index (κ1) is 31.8. The van der Waals surface area contributed by atoms with Crippen LogP contribution in [0.3, 0.4) is 0 Å². The van der Waals surface area contributed by atoms with Gasteiger partial charge in [-0.1, -0.05) is 32.4 Å². The molecule has 0 aliphatic carbocycles. The Kier molecular flexibility index (Phi) is 12.7. The predicted molar refractivity (Wildman–Crippen MR) is 133 cm³/mol. The topological polar surface area (TPSA) is 251 Å². The quantitative estimate of drug-likeness (QED) is 0.122. The molecule has 0 saturated carbocycles. The normalized spacial score (nSPS) is 14.7. The number of hydrogen-bond acceptors (Lipinski definition) is 8. The predicted octanol–water partition coefficient (Wildman–Crippen LogP) is -1.41. The van der Waals surface area contributed by atoms with Gasteiger partial charge in [-0.3, -0.25) is 24.0 Å². The number of benzene rings is 1. The second-order valence-electron chi connectivity index (χ2n) is 8.91. The number of nitrogens with two attached hydrogens (primary N) is 2. The molecular weight excluding hydrogens is 502 g/mol. The number of carbonyl (C=O) groups is 6. The van der Waals surface area contributed by atoms with E-state index in [0.29, 0.717) is 12.0 Å². The molecule has 0 aliphatic heterocycles. The lowest BCUT2D eigenvalue weighted by molar-refractivity contribution is -0.144. The first-order valence-corrected chi connectivity index (χ1v) is 11.9. The van der Waals surface area contributed by atoms with Crippen molar-refractivity contribution in [1.82, 2.24) is 16.0 Å². The fourth-order valence-corrected chi connectivity index (χ4v) is 3.38. The Hall–Kier alpha value is -4.20. The van der Waals surface area contributed by atoms with Crippen molar-refractivity contribution in [3.05, 3.63) is 29.8 Å². The van der Waals surface area contributed by atoms with Gasteiger partial charge in [0.25, 0.3) is 0 Å². The van der Waals surface area contributed by atoms with Crippen LogP contribution in [0, 0.1) is 5.92 Å². The van der Waals surface area contributed by atoms with Gasteiger partial charge >= 0.3 is 11.9 Å². The Morgan fingerprint density at radius 1 is 0.895 bits per heavy atom. The molecule has 38 heavy (non-hydrogen) atoms. The smallest absolute Gasteiger partial charge is 0.326 e. The molecule has 14 heteroatoms. The van der Waals surface area contributed by atoms with E-state index in [1.165, 1.54) is 24.3 Å². The van der Waals surface area contributed by atoms with Crippen molar-refractivity contribution >= 4 is 35.6 Å². The number of aliphatic carboxylic acids is 2. The molecule has 1 aromatic carbocycles. The maximum absolute atomic E-state index is 13.2. The molecule has 0 bridgehead atoms. The Balaban J connectivity index is 3.16. The van der Waals surface area contributed by atoms with Gasteiger partial charge < -0.3 is 42.7 Å². The summed E-state index contributed by atoms with van der Waals surface area (Å²) in [4.78, 5) is 72.6. The molecule has 0 fully saturated rings. The third kappa shape index (κ3) is 10.8. The summed E-state index contributed by atoms with van der Waals surface area (Å²) >= 11 is 0. The highest BCUT2D eigenvalue weighted by atomic mass is 16.4. The minimum Gasteiger partial charge on any atom is -0.508 e. The summed E-state index contributed by atoms with van der Waals surface area (Å²) in [5.41, 5.74) is 11.4.